The summed E-state index contributed by atoms with van der Waals surface area (Å²) in [5, 5.41) is 5.33. The van der Waals surface area contributed by atoms with Crippen molar-refractivity contribution in [2.24, 2.45) is 0 Å². The van der Waals surface area contributed by atoms with E-state index in [4.69, 9.17) is 11.6 Å². The second-order valence-corrected chi connectivity index (χ2v) is 8.96. The average Bonchev–Trinajstić information content (AvgIpc) is 3.02. The highest BCUT2D eigenvalue weighted by atomic mass is 35.5. The summed E-state index contributed by atoms with van der Waals surface area (Å²) in [7, 11) is -3.73. The first-order valence-electron chi connectivity index (χ1n) is 7.98. The second-order valence-electron chi connectivity index (χ2n) is 5.93. The first kappa shape index (κ1) is 16.9. The second kappa shape index (κ2) is 6.30. The van der Waals surface area contributed by atoms with Crippen molar-refractivity contribution < 1.29 is 8.42 Å². The van der Waals surface area contributed by atoms with Crippen LogP contribution in [0.1, 0.15) is 24.1 Å². The molecule has 1 aromatic carbocycles. The van der Waals surface area contributed by atoms with Crippen molar-refractivity contribution in [1.29, 1.82) is 0 Å². The van der Waals surface area contributed by atoms with Crippen LogP contribution in [0.2, 0.25) is 5.15 Å². The summed E-state index contributed by atoms with van der Waals surface area (Å²) in [6.45, 7) is 0. The van der Waals surface area contributed by atoms with E-state index in [-0.39, 0.29) is 9.79 Å². The SMILES string of the molecule is CSc1nn2c(Cl)c3c(nc2c1S(=O)(=O)c1ccccc1)CCCC3. The molecule has 0 atom stereocenters. The van der Waals surface area contributed by atoms with Gasteiger partial charge in [0.1, 0.15) is 10.2 Å². The van der Waals surface area contributed by atoms with Crippen molar-refractivity contribution in [3.63, 3.8) is 0 Å². The minimum atomic E-state index is -3.73. The van der Waals surface area contributed by atoms with Crippen LogP contribution in [0.25, 0.3) is 5.65 Å². The Labute approximate surface area is 155 Å². The van der Waals surface area contributed by atoms with Gasteiger partial charge in [0.25, 0.3) is 0 Å². The summed E-state index contributed by atoms with van der Waals surface area (Å²) < 4.78 is 27.9. The Hall–Kier alpha value is -1.57. The molecule has 0 bridgehead atoms. The predicted molar refractivity (Wildman–Crippen MR) is 98.3 cm³/mol. The fourth-order valence-corrected chi connectivity index (χ4v) is 5.92. The third-order valence-corrected chi connectivity index (χ3v) is 7.41. The molecule has 1 aliphatic rings. The van der Waals surface area contributed by atoms with Crippen molar-refractivity contribution >= 4 is 38.8 Å². The minimum absolute atomic E-state index is 0.140. The number of benzene rings is 1. The lowest BCUT2D eigenvalue weighted by molar-refractivity contribution is 0.594. The van der Waals surface area contributed by atoms with E-state index < -0.39 is 9.84 Å². The molecule has 0 aliphatic heterocycles. The van der Waals surface area contributed by atoms with Gasteiger partial charge in [-0.25, -0.2) is 17.9 Å². The van der Waals surface area contributed by atoms with Crippen LogP contribution in [-0.2, 0) is 22.7 Å². The Morgan fingerprint density at radius 1 is 1.16 bits per heavy atom. The monoisotopic (exact) mass is 393 g/mol. The van der Waals surface area contributed by atoms with Crippen LogP contribution in [0.5, 0.6) is 0 Å². The Balaban J connectivity index is 2.05. The number of sulfone groups is 1. The zero-order valence-electron chi connectivity index (χ0n) is 13.6. The summed E-state index contributed by atoms with van der Waals surface area (Å²) in [6, 6.07) is 8.38. The van der Waals surface area contributed by atoms with Crippen LogP contribution in [0.4, 0.5) is 0 Å². The summed E-state index contributed by atoms with van der Waals surface area (Å²) >= 11 is 7.84. The number of thioether (sulfide) groups is 1. The molecule has 0 saturated carbocycles. The predicted octanol–water partition coefficient (Wildman–Crippen LogP) is 3.82. The molecule has 5 nitrogen and oxygen atoms in total. The normalized spacial score (nSPS) is 14.6. The Bertz CT molecular complexity index is 1060. The fraction of sp³-hybridized carbons (Fsp3) is 0.294. The van der Waals surface area contributed by atoms with E-state index in [0.29, 0.717) is 15.8 Å². The van der Waals surface area contributed by atoms with Crippen LogP contribution in [0, 0.1) is 0 Å². The number of nitrogens with zero attached hydrogens (tertiary/aromatic N) is 3. The van der Waals surface area contributed by atoms with E-state index in [9.17, 15) is 8.42 Å². The van der Waals surface area contributed by atoms with Crippen molar-refractivity contribution in [3.05, 3.63) is 46.7 Å². The van der Waals surface area contributed by atoms with Crippen molar-refractivity contribution in [2.75, 3.05) is 6.26 Å². The van der Waals surface area contributed by atoms with E-state index in [2.05, 4.69) is 10.1 Å². The molecule has 1 aliphatic carbocycles. The number of aromatic nitrogens is 3. The third kappa shape index (κ3) is 2.65. The molecule has 25 heavy (non-hydrogen) atoms. The topological polar surface area (TPSA) is 64.3 Å². The van der Waals surface area contributed by atoms with Crippen molar-refractivity contribution in [1.82, 2.24) is 14.6 Å². The lowest BCUT2D eigenvalue weighted by Crippen LogP contribution is -2.11. The molecule has 0 unspecified atom stereocenters. The number of aryl methyl sites for hydroxylation is 1. The maximum Gasteiger partial charge on any atom is 0.213 e. The molecule has 130 valence electrons. The molecule has 0 radical (unpaired) electrons. The Kier molecular flexibility index (Phi) is 4.25. The van der Waals surface area contributed by atoms with Crippen LogP contribution in [0.3, 0.4) is 0 Å². The van der Waals surface area contributed by atoms with Gasteiger partial charge in [-0.1, -0.05) is 29.8 Å². The van der Waals surface area contributed by atoms with E-state index in [1.165, 1.54) is 16.3 Å². The number of hydrogen-bond acceptors (Lipinski definition) is 5. The molecule has 8 heteroatoms. The number of halogens is 1. The standard InChI is InChI=1S/C17H16ClN3O2S2/c1-24-17-14(25(22,23)11-7-3-2-4-8-11)16-19-13-10-6-5-9-12(13)15(18)21(16)20-17/h2-4,7-8H,5-6,9-10H2,1H3. The Morgan fingerprint density at radius 3 is 2.60 bits per heavy atom. The molecule has 4 rings (SSSR count). The van der Waals surface area contributed by atoms with Gasteiger partial charge in [0.05, 0.1) is 4.90 Å². The summed E-state index contributed by atoms with van der Waals surface area (Å²) in [5.74, 6) is 0. The zero-order chi connectivity index (χ0) is 17.6. The zero-order valence-corrected chi connectivity index (χ0v) is 16.0. The van der Waals surface area contributed by atoms with Crippen molar-refractivity contribution in [2.45, 2.75) is 40.5 Å². The molecule has 0 spiro atoms. The van der Waals surface area contributed by atoms with Gasteiger partial charge >= 0.3 is 0 Å². The van der Waals surface area contributed by atoms with Gasteiger partial charge in [0.2, 0.25) is 9.84 Å². The smallest absolute Gasteiger partial charge is 0.213 e. The van der Waals surface area contributed by atoms with Crippen molar-refractivity contribution in [3.8, 4) is 0 Å². The Morgan fingerprint density at radius 2 is 1.88 bits per heavy atom. The van der Waals surface area contributed by atoms with Crippen LogP contribution >= 0.6 is 23.4 Å². The largest absolute Gasteiger partial charge is 0.232 e. The highest BCUT2D eigenvalue weighted by molar-refractivity contribution is 7.99. The number of hydrogen-bond donors (Lipinski definition) is 0. The third-order valence-electron chi connectivity index (χ3n) is 4.42. The van der Waals surface area contributed by atoms with Gasteiger partial charge in [-0.05, 0) is 44.1 Å². The molecule has 3 aromatic rings. The summed E-state index contributed by atoms with van der Waals surface area (Å²) in [4.78, 5) is 5.03. The maximum atomic E-state index is 13.2. The maximum absolute atomic E-state index is 13.2. The van der Waals surface area contributed by atoms with Gasteiger partial charge in [-0.15, -0.1) is 11.8 Å². The van der Waals surface area contributed by atoms with Gasteiger partial charge in [0.15, 0.2) is 10.5 Å². The summed E-state index contributed by atoms with van der Waals surface area (Å²) in [6.07, 6.45) is 5.57. The van der Waals surface area contributed by atoms with Gasteiger partial charge in [0, 0.05) is 11.3 Å². The minimum Gasteiger partial charge on any atom is -0.232 e. The van der Waals surface area contributed by atoms with Crippen LogP contribution in [0.15, 0.2) is 45.1 Å². The van der Waals surface area contributed by atoms with Gasteiger partial charge in [-0.3, -0.25) is 0 Å². The first-order chi connectivity index (χ1) is 12.0. The lowest BCUT2D eigenvalue weighted by atomic mass is 9.97. The molecular weight excluding hydrogens is 378 g/mol. The highest BCUT2D eigenvalue weighted by Gasteiger charge is 2.30. The average molecular weight is 394 g/mol. The van der Waals surface area contributed by atoms with Crippen LogP contribution < -0.4 is 0 Å². The molecule has 2 aromatic heterocycles. The van der Waals surface area contributed by atoms with Gasteiger partial charge in [-0.2, -0.15) is 5.10 Å². The molecular formula is C17H16ClN3O2S2. The summed E-state index contributed by atoms with van der Waals surface area (Å²) in [5.41, 5.74) is 2.19. The molecule has 0 amide bonds. The van der Waals surface area contributed by atoms with E-state index in [1.807, 2.05) is 0 Å². The highest BCUT2D eigenvalue weighted by Crippen LogP contribution is 2.36. The molecule has 2 heterocycles. The van der Waals surface area contributed by atoms with E-state index in [0.717, 1.165) is 36.9 Å². The van der Waals surface area contributed by atoms with Crippen LogP contribution in [-0.4, -0.2) is 29.3 Å². The fourth-order valence-electron chi connectivity index (χ4n) is 3.19. The molecule has 0 saturated heterocycles. The number of rotatable bonds is 3. The first-order valence-corrected chi connectivity index (χ1v) is 11.1. The molecule has 0 fully saturated rings. The number of fused-ring (bicyclic) bond motifs is 2. The lowest BCUT2D eigenvalue weighted by Gasteiger charge is -2.16. The van der Waals surface area contributed by atoms with Gasteiger partial charge < -0.3 is 0 Å². The van der Waals surface area contributed by atoms with E-state index >= 15 is 0 Å². The van der Waals surface area contributed by atoms with E-state index in [1.54, 1.807) is 36.6 Å². The molecule has 0 N–H and O–H groups in total. The quantitative estimate of drug-likeness (QED) is 0.500.